The molecule has 1 aromatic heterocycles. The lowest BCUT2D eigenvalue weighted by Gasteiger charge is -2.08. The van der Waals surface area contributed by atoms with Gasteiger partial charge >= 0.3 is 5.97 Å². The summed E-state index contributed by atoms with van der Waals surface area (Å²) in [6.07, 6.45) is 3.26. The predicted molar refractivity (Wildman–Crippen MR) is 78.4 cm³/mol. The minimum absolute atomic E-state index is 0.0909. The number of benzene rings is 1. The van der Waals surface area contributed by atoms with Gasteiger partial charge in [-0.25, -0.2) is 9.18 Å². The number of carboxylic acids is 1. The van der Waals surface area contributed by atoms with Crippen molar-refractivity contribution in [2.75, 3.05) is 19.0 Å². The second kappa shape index (κ2) is 6.68. The number of methoxy groups -OCH3 is 1. The number of aromatic nitrogens is 2. The second-order valence-corrected chi connectivity index (χ2v) is 5.00. The van der Waals surface area contributed by atoms with Gasteiger partial charge in [-0.05, 0) is 28.1 Å². The van der Waals surface area contributed by atoms with E-state index in [9.17, 15) is 9.18 Å². The molecule has 0 radical (unpaired) electrons. The monoisotopic (exact) mass is 357 g/mol. The molecule has 2 N–H and O–H groups in total. The summed E-state index contributed by atoms with van der Waals surface area (Å²) in [5, 5.41) is 15.9. The molecule has 2 rings (SSSR count). The molecule has 0 atom stereocenters. The first-order valence-corrected chi connectivity index (χ1v) is 6.82. The van der Waals surface area contributed by atoms with Crippen LogP contribution in [0.4, 0.5) is 15.8 Å². The van der Waals surface area contributed by atoms with Crippen LogP contribution in [-0.2, 0) is 11.3 Å². The Morgan fingerprint density at radius 1 is 1.57 bits per heavy atom. The largest absolute Gasteiger partial charge is 0.478 e. The second-order valence-electron chi connectivity index (χ2n) is 4.20. The Labute approximate surface area is 128 Å². The lowest BCUT2D eigenvalue weighted by atomic mass is 10.2. The number of halogens is 2. The van der Waals surface area contributed by atoms with Crippen LogP contribution in [0.1, 0.15) is 10.4 Å². The molecule has 0 fully saturated rings. The molecule has 0 saturated heterocycles. The van der Waals surface area contributed by atoms with Crippen LogP contribution in [0.3, 0.4) is 0 Å². The number of carbonyl (C=O) groups is 1. The lowest BCUT2D eigenvalue weighted by Crippen LogP contribution is -2.04. The Bertz CT molecular complexity index is 660. The highest BCUT2D eigenvalue weighted by Gasteiger charge is 2.16. The highest BCUT2D eigenvalue weighted by atomic mass is 79.9. The molecule has 1 aromatic carbocycles. The number of nitrogens with one attached hydrogen (secondary N) is 1. The molecule has 2 aromatic rings. The number of hydrogen-bond donors (Lipinski definition) is 2. The summed E-state index contributed by atoms with van der Waals surface area (Å²) in [5.74, 6) is -1.86. The third-order valence-corrected chi connectivity index (χ3v) is 3.52. The first kappa shape index (κ1) is 15.5. The van der Waals surface area contributed by atoms with E-state index in [0.717, 1.165) is 0 Å². The molecule has 0 aliphatic carbocycles. The van der Waals surface area contributed by atoms with Gasteiger partial charge in [0.05, 0.1) is 40.8 Å². The molecule has 0 amide bonds. The zero-order valence-corrected chi connectivity index (χ0v) is 12.7. The molecular weight excluding hydrogens is 345 g/mol. The van der Waals surface area contributed by atoms with Gasteiger partial charge in [0.15, 0.2) is 5.82 Å². The maximum Gasteiger partial charge on any atom is 0.336 e. The third kappa shape index (κ3) is 3.59. The van der Waals surface area contributed by atoms with E-state index < -0.39 is 11.8 Å². The molecule has 0 bridgehead atoms. The van der Waals surface area contributed by atoms with Gasteiger partial charge in [-0.1, -0.05) is 0 Å². The van der Waals surface area contributed by atoms with Gasteiger partial charge < -0.3 is 15.2 Å². The van der Waals surface area contributed by atoms with Crippen molar-refractivity contribution in [2.24, 2.45) is 0 Å². The maximum absolute atomic E-state index is 14.1. The summed E-state index contributed by atoms with van der Waals surface area (Å²) in [6.45, 7) is 1.11. The number of anilines is 2. The zero-order chi connectivity index (χ0) is 15.4. The van der Waals surface area contributed by atoms with Gasteiger partial charge in [0.2, 0.25) is 0 Å². The molecule has 1 heterocycles. The van der Waals surface area contributed by atoms with E-state index in [1.165, 1.54) is 12.1 Å². The number of ether oxygens (including phenoxy) is 1. The molecule has 0 aliphatic rings. The number of rotatable bonds is 6. The molecule has 21 heavy (non-hydrogen) atoms. The molecular formula is C13H13BrFN3O3. The Morgan fingerprint density at radius 2 is 2.33 bits per heavy atom. The summed E-state index contributed by atoms with van der Waals surface area (Å²) in [6, 6.07) is 2.70. The Hall–Kier alpha value is -1.93. The van der Waals surface area contributed by atoms with Crippen molar-refractivity contribution in [3.05, 3.63) is 40.4 Å². The van der Waals surface area contributed by atoms with E-state index in [1.54, 1.807) is 24.2 Å². The van der Waals surface area contributed by atoms with Crippen molar-refractivity contribution in [3.8, 4) is 0 Å². The van der Waals surface area contributed by atoms with Gasteiger partial charge in [0, 0.05) is 13.3 Å². The number of aromatic carboxylic acids is 1. The smallest absolute Gasteiger partial charge is 0.336 e. The standard InChI is InChI=1S/C13H13BrFN3O3/c1-21-5-4-18-7-8(6-16-18)17-10-3-2-9(13(19)20)11(14)12(10)15/h2-3,6-7,17H,4-5H2,1H3,(H,19,20). The summed E-state index contributed by atoms with van der Waals surface area (Å²) < 4.78 is 20.6. The average molecular weight is 358 g/mol. The molecule has 0 saturated carbocycles. The van der Waals surface area contributed by atoms with Gasteiger partial charge in [0.1, 0.15) is 0 Å². The van der Waals surface area contributed by atoms with Crippen LogP contribution in [0.5, 0.6) is 0 Å². The Balaban J connectivity index is 2.18. The van der Waals surface area contributed by atoms with Crippen LogP contribution in [0, 0.1) is 5.82 Å². The fraction of sp³-hybridized carbons (Fsp3) is 0.231. The lowest BCUT2D eigenvalue weighted by molar-refractivity contribution is 0.0695. The number of carboxylic acid groups (broad SMARTS) is 1. The third-order valence-electron chi connectivity index (χ3n) is 2.75. The summed E-state index contributed by atoms with van der Waals surface area (Å²) in [4.78, 5) is 10.9. The SMILES string of the molecule is COCCn1cc(Nc2ccc(C(=O)O)c(Br)c2F)cn1. The summed E-state index contributed by atoms with van der Waals surface area (Å²) in [7, 11) is 1.60. The molecule has 112 valence electrons. The average Bonchev–Trinajstić information content (AvgIpc) is 2.89. The van der Waals surface area contributed by atoms with Crippen molar-refractivity contribution in [1.29, 1.82) is 0 Å². The fourth-order valence-electron chi connectivity index (χ4n) is 1.70. The van der Waals surface area contributed by atoms with Gasteiger partial charge in [-0.2, -0.15) is 5.10 Å². The zero-order valence-electron chi connectivity index (χ0n) is 11.1. The van der Waals surface area contributed by atoms with Crippen LogP contribution < -0.4 is 5.32 Å². The molecule has 6 nitrogen and oxygen atoms in total. The van der Waals surface area contributed by atoms with Crippen LogP contribution in [0.25, 0.3) is 0 Å². The first-order valence-electron chi connectivity index (χ1n) is 6.02. The van der Waals surface area contributed by atoms with Crippen LogP contribution >= 0.6 is 15.9 Å². The quantitative estimate of drug-likeness (QED) is 0.831. The van der Waals surface area contributed by atoms with Crippen LogP contribution in [0.2, 0.25) is 0 Å². The molecule has 0 unspecified atom stereocenters. The van der Waals surface area contributed by atoms with E-state index in [-0.39, 0.29) is 15.7 Å². The van der Waals surface area contributed by atoms with Gasteiger partial charge in [-0.3, -0.25) is 4.68 Å². The molecule has 0 spiro atoms. The highest BCUT2D eigenvalue weighted by Crippen LogP contribution is 2.29. The van der Waals surface area contributed by atoms with E-state index in [0.29, 0.717) is 18.8 Å². The van der Waals surface area contributed by atoms with E-state index in [1.807, 2.05) is 0 Å². The predicted octanol–water partition coefficient (Wildman–Crippen LogP) is 2.87. The number of nitrogens with zero attached hydrogens (tertiary/aromatic N) is 2. The van der Waals surface area contributed by atoms with Crippen LogP contribution in [-0.4, -0.2) is 34.6 Å². The van der Waals surface area contributed by atoms with E-state index in [4.69, 9.17) is 9.84 Å². The van der Waals surface area contributed by atoms with Crippen molar-refractivity contribution < 1.29 is 19.0 Å². The first-order chi connectivity index (χ1) is 10.0. The number of hydrogen-bond acceptors (Lipinski definition) is 4. The topological polar surface area (TPSA) is 76.4 Å². The van der Waals surface area contributed by atoms with Crippen molar-refractivity contribution in [1.82, 2.24) is 9.78 Å². The van der Waals surface area contributed by atoms with Crippen molar-refractivity contribution in [3.63, 3.8) is 0 Å². The molecule has 0 aliphatic heterocycles. The highest BCUT2D eigenvalue weighted by molar-refractivity contribution is 9.10. The fourth-order valence-corrected chi connectivity index (χ4v) is 2.22. The minimum Gasteiger partial charge on any atom is -0.478 e. The van der Waals surface area contributed by atoms with E-state index in [2.05, 4.69) is 26.3 Å². The van der Waals surface area contributed by atoms with Crippen molar-refractivity contribution in [2.45, 2.75) is 6.54 Å². The molecule has 8 heteroatoms. The summed E-state index contributed by atoms with van der Waals surface area (Å²) in [5.41, 5.74) is 0.631. The van der Waals surface area contributed by atoms with E-state index >= 15 is 0 Å². The van der Waals surface area contributed by atoms with Gasteiger partial charge in [0.25, 0.3) is 0 Å². The Kier molecular flexibility index (Phi) is 4.92. The van der Waals surface area contributed by atoms with Gasteiger partial charge in [-0.15, -0.1) is 0 Å². The minimum atomic E-state index is -1.19. The van der Waals surface area contributed by atoms with Crippen LogP contribution in [0.15, 0.2) is 29.0 Å². The Morgan fingerprint density at radius 3 is 3.00 bits per heavy atom. The normalized spacial score (nSPS) is 10.6. The van der Waals surface area contributed by atoms with Crippen molar-refractivity contribution >= 4 is 33.3 Å². The summed E-state index contributed by atoms with van der Waals surface area (Å²) >= 11 is 2.95. The maximum atomic E-state index is 14.1.